The Morgan fingerprint density at radius 3 is 2.44 bits per heavy atom. The topological polar surface area (TPSA) is 63.4 Å². The Kier molecular flexibility index (Phi) is 3.74. The second-order valence-corrected chi connectivity index (χ2v) is 4.63. The van der Waals surface area contributed by atoms with Gasteiger partial charge in [-0.25, -0.2) is 0 Å². The third-order valence-electron chi connectivity index (χ3n) is 2.60. The van der Waals surface area contributed by atoms with Gasteiger partial charge in [-0.3, -0.25) is 10.1 Å². The predicted octanol–water partition coefficient (Wildman–Crippen LogP) is 3.44. The lowest BCUT2D eigenvalue weighted by atomic mass is 10.0. The molecule has 1 N–H and O–H groups in total. The lowest BCUT2D eigenvalue weighted by Crippen LogP contribution is -2.01. The van der Waals surface area contributed by atoms with Crippen LogP contribution in [0.3, 0.4) is 0 Å². The summed E-state index contributed by atoms with van der Waals surface area (Å²) in [5.74, 6) is 0. The Labute approximate surface area is 112 Å². The molecule has 2 aromatic rings. The summed E-state index contributed by atoms with van der Waals surface area (Å²) in [4.78, 5) is 10.3. The fourth-order valence-corrected chi connectivity index (χ4v) is 2.13. The summed E-state index contributed by atoms with van der Waals surface area (Å²) in [6, 6.07) is 13.4. The summed E-state index contributed by atoms with van der Waals surface area (Å²) in [7, 11) is 0. The van der Waals surface area contributed by atoms with Gasteiger partial charge in [-0.2, -0.15) is 0 Å². The van der Waals surface area contributed by atoms with Gasteiger partial charge in [-0.05, 0) is 11.6 Å². The van der Waals surface area contributed by atoms with E-state index in [9.17, 15) is 15.2 Å². The molecule has 0 saturated heterocycles. The van der Waals surface area contributed by atoms with Crippen LogP contribution in [0.1, 0.15) is 17.2 Å². The Balaban J connectivity index is 2.44. The Morgan fingerprint density at radius 1 is 1.17 bits per heavy atom. The van der Waals surface area contributed by atoms with E-state index in [1.54, 1.807) is 18.2 Å². The van der Waals surface area contributed by atoms with Gasteiger partial charge in [0.25, 0.3) is 5.69 Å². The summed E-state index contributed by atoms with van der Waals surface area (Å²) < 4.78 is 0.643. The van der Waals surface area contributed by atoms with Crippen LogP contribution < -0.4 is 0 Å². The number of aliphatic hydroxyl groups excluding tert-OH is 1. The first-order valence-electron chi connectivity index (χ1n) is 5.26. The molecule has 0 bridgehead atoms. The van der Waals surface area contributed by atoms with Crippen molar-refractivity contribution < 1.29 is 10.0 Å². The quantitative estimate of drug-likeness (QED) is 0.698. The summed E-state index contributed by atoms with van der Waals surface area (Å²) >= 11 is 3.29. The number of non-ortho nitro benzene ring substituents is 1. The average molecular weight is 308 g/mol. The zero-order valence-electron chi connectivity index (χ0n) is 9.29. The van der Waals surface area contributed by atoms with Crippen LogP contribution in [-0.2, 0) is 0 Å². The molecule has 0 unspecified atom stereocenters. The van der Waals surface area contributed by atoms with Crippen molar-refractivity contribution in [2.75, 3.05) is 0 Å². The van der Waals surface area contributed by atoms with E-state index in [4.69, 9.17) is 0 Å². The maximum absolute atomic E-state index is 10.7. The van der Waals surface area contributed by atoms with E-state index < -0.39 is 11.0 Å². The first kappa shape index (κ1) is 12.7. The predicted molar refractivity (Wildman–Crippen MR) is 71.3 cm³/mol. The zero-order valence-corrected chi connectivity index (χ0v) is 10.9. The minimum absolute atomic E-state index is 0.0387. The molecule has 4 nitrogen and oxygen atoms in total. The highest BCUT2D eigenvalue weighted by atomic mass is 79.9. The van der Waals surface area contributed by atoms with Crippen LogP contribution in [0.5, 0.6) is 0 Å². The summed E-state index contributed by atoms with van der Waals surface area (Å²) in [5, 5.41) is 21.0. The zero-order chi connectivity index (χ0) is 13.1. The second kappa shape index (κ2) is 5.29. The molecule has 0 saturated carbocycles. The molecular weight excluding hydrogens is 298 g/mol. The van der Waals surface area contributed by atoms with Gasteiger partial charge in [0.1, 0.15) is 6.10 Å². The fraction of sp³-hybridized carbons (Fsp3) is 0.0769. The highest BCUT2D eigenvalue weighted by molar-refractivity contribution is 9.10. The Hall–Kier alpha value is -1.72. The van der Waals surface area contributed by atoms with E-state index in [0.29, 0.717) is 15.6 Å². The van der Waals surface area contributed by atoms with Crippen LogP contribution in [0, 0.1) is 10.1 Å². The lowest BCUT2D eigenvalue weighted by Gasteiger charge is -2.12. The first-order valence-corrected chi connectivity index (χ1v) is 6.06. The largest absolute Gasteiger partial charge is 0.384 e. The molecular formula is C13H10BrNO3. The average Bonchev–Trinajstić information content (AvgIpc) is 2.39. The Morgan fingerprint density at radius 2 is 1.83 bits per heavy atom. The SMILES string of the molecule is O=[N+]([O-])c1ccc(Br)c([C@@H](O)c2ccccc2)c1. The highest BCUT2D eigenvalue weighted by Crippen LogP contribution is 2.31. The van der Waals surface area contributed by atoms with Crippen molar-refractivity contribution in [2.24, 2.45) is 0 Å². The molecule has 0 fully saturated rings. The molecule has 0 heterocycles. The first-order chi connectivity index (χ1) is 8.59. The molecule has 0 radical (unpaired) electrons. The summed E-state index contributed by atoms with van der Waals surface area (Å²) in [6.07, 6.45) is -0.888. The van der Waals surface area contributed by atoms with Crippen molar-refractivity contribution in [3.8, 4) is 0 Å². The molecule has 0 aliphatic rings. The van der Waals surface area contributed by atoms with Crippen molar-refractivity contribution in [1.29, 1.82) is 0 Å². The smallest absolute Gasteiger partial charge is 0.269 e. The molecule has 0 aliphatic heterocycles. The third kappa shape index (κ3) is 2.57. The van der Waals surface area contributed by atoms with Crippen molar-refractivity contribution >= 4 is 21.6 Å². The van der Waals surface area contributed by atoms with E-state index in [1.807, 2.05) is 18.2 Å². The van der Waals surface area contributed by atoms with Crippen LogP contribution in [0.4, 0.5) is 5.69 Å². The molecule has 0 aromatic heterocycles. The van der Waals surface area contributed by atoms with Crippen molar-refractivity contribution in [1.82, 2.24) is 0 Å². The number of nitro groups is 1. The maximum Gasteiger partial charge on any atom is 0.269 e. The molecule has 2 rings (SSSR count). The molecule has 0 spiro atoms. The van der Waals surface area contributed by atoms with Crippen LogP contribution in [0.2, 0.25) is 0 Å². The van der Waals surface area contributed by atoms with Crippen LogP contribution >= 0.6 is 15.9 Å². The number of hydrogen-bond donors (Lipinski definition) is 1. The minimum Gasteiger partial charge on any atom is -0.384 e. The molecule has 0 aliphatic carbocycles. The van der Waals surface area contributed by atoms with Crippen molar-refractivity contribution in [3.05, 3.63) is 74.2 Å². The third-order valence-corrected chi connectivity index (χ3v) is 3.32. The standard InChI is InChI=1S/C13H10BrNO3/c14-12-7-6-10(15(17)18)8-11(12)13(16)9-4-2-1-3-5-9/h1-8,13,16H/t13-/m0/s1. The van der Waals surface area contributed by atoms with Gasteiger partial charge in [0.2, 0.25) is 0 Å². The van der Waals surface area contributed by atoms with E-state index >= 15 is 0 Å². The minimum atomic E-state index is -0.888. The van der Waals surface area contributed by atoms with Gasteiger partial charge < -0.3 is 5.11 Å². The van der Waals surface area contributed by atoms with Gasteiger partial charge in [0.15, 0.2) is 0 Å². The monoisotopic (exact) mass is 307 g/mol. The van der Waals surface area contributed by atoms with E-state index in [-0.39, 0.29) is 5.69 Å². The number of benzene rings is 2. The molecule has 5 heteroatoms. The molecule has 18 heavy (non-hydrogen) atoms. The molecule has 2 aromatic carbocycles. The van der Waals surface area contributed by atoms with Gasteiger partial charge in [-0.15, -0.1) is 0 Å². The number of hydrogen-bond acceptors (Lipinski definition) is 3. The lowest BCUT2D eigenvalue weighted by molar-refractivity contribution is -0.385. The van der Waals surface area contributed by atoms with E-state index in [2.05, 4.69) is 15.9 Å². The van der Waals surface area contributed by atoms with Crippen molar-refractivity contribution in [2.45, 2.75) is 6.10 Å². The molecule has 1 atom stereocenters. The number of aliphatic hydroxyl groups is 1. The van der Waals surface area contributed by atoms with Gasteiger partial charge >= 0.3 is 0 Å². The summed E-state index contributed by atoms with van der Waals surface area (Å²) in [5.41, 5.74) is 1.14. The van der Waals surface area contributed by atoms with Crippen LogP contribution in [-0.4, -0.2) is 10.0 Å². The molecule has 92 valence electrons. The van der Waals surface area contributed by atoms with Gasteiger partial charge in [0.05, 0.1) is 4.92 Å². The second-order valence-electron chi connectivity index (χ2n) is 3.78. The Bertz CT molecular complexity index is 572. The maximum atomic E-state index is 10.7. The number of halogens is 1. The molecule has 0 amide bonds. The van der Waals surface area contributed by atoms with Gasteiger partial charge in [-0.1, -0.05) is 46.3 Å². The van der Waals surface area contributed by atoms with E-state index in [0.717, 1.165) is 0 Å². The van der Waals surface area contributed by atoms with Crippen LogP contribution in [0.15, 0.2) is 53.0 Å². The number of nitro benzene ring substituents is 1. The van der Waals surface area contributed by atoms with Crippen molar-refractivity contribution in [3.63, 3.8) is 0 Å². The highest BCUT2D eigenvalue weighted by Gasteiger charge is 2.17. The normalized spacial score (nSPS) is 12.1. The number of nitrogens with zero attached hydrogens (tertiary/aromatic N) is 1. The van der Waals surface area contributed by atoms with E-state index in [1.165, 1.54) is 12.1 Å². The fourth-order valence-electron chi connectivity index (χ4n) is 1.67. The summed E-state index contributed by atoms with van der Waals surface area (Å²) in [6.45, 7) is 0. The van der Waals surface area contributed by atoms with Crippen LogP contribution in [0.25, 0.3) is 0 Å². The number of rotatable bonds is 3. The van der Waals surface area contributed by atoms with Gasteiger partial charge in [0, 0.05) is 22.2 Å².